The summed E-state index contributed by atoms with van der Waals surface area (Å²) in [5, 5.41) is 0. The van der Waals surface area contributed by atoms with Crippen molar-refractivity contribution in [2.24, 2.45) is 0 Å². The number of aryl methyl sites for hydroxylation is 1. The first kappa shape index (κ1) is 16.3. The Balaban J connectivity index is 1.84. The van der Waals surface area contributed by atoms with Crippen LogP contribution in [0.4, 0.5) is 0 Å². The summed E-state index contributed by atoms with van der Waals surface area (Å²) in [4.78, 5) is 37.2. The molecule has 24 heavy (non-hydrogen) atoms. The van der Waals surface area contributed by atoms with Gasteiger partial charge in [0.2, 0.25) is 0 Å². The van der Waals surface area contributed by atoms with Crippen molar-refractivity contribution in [3.8, 4) is 0 Å². The Morgan fingerprint density at radius 2 is 2.21 bits per heavy atom. The fourth-order valence-electron chi connectivity index (χ4n) is 2.77. The van der Waals surface area contributed by atoms with Crippen LogP contribution in [0.25, 0.3) is 0 Å². The number of hydrogen-bond donors (Lipinski definition) is 1. The van der Waals surface area contributed by atoms with Gasteiger partial charge in [-0.3, -0.25) is 14.6 Å². The Kier molecular flexibility index (Phi) is 5.00. The van der Waals surface area contributed by atoms with Crippen LogP contribution in [0.5, 0.6) is 0 Å². The predicted octanol–water partition coefficient (Wildman–Crippen LogP) is 1.29. The lowest BCUT2D eigenvalue weighted by molar-refractivity contribution is 0.0505. The maximum Gasteiger partial charge on any atom is 0.263 e. The molecule has 1 aliphatic heterocycles. The fraction of sp³-hybridized carbons (Fsp3) is 0.412. The van der Waals surface area contributed by atoms with Crippen molar-refractivity contribution in [1.29, 1.82) is 0 Å². The van der Waals surface area contributed by atoms with Crippen LogP contribution in [-0.2, 0) is 11.3 Å². The van der Waals surface area contributed by atoms with Gasteiger partial charge in [0.05, 0.1) is 6.10 Å². The molecule has 1 N–H and O–H groups in total. The number of aromatic nitrogens is 3. The van der Waals surface area contributed by atoms with Gasteiger partial charge < -0.3 is 14.6 Å². The molecule has 1 aliphatic rings. The van der Waals surface area contributed by atoms with E-state index in [1.165, 1.54) is 6.20 Å². The monoisotopic (exact) mass is 328 g/mol. The Labute approximate surface area is 139 Å². The van der Waals surface area contributed by atoms with Crippen LogP contribution >= 0.6 is 0 Å². The van der Waals surface area contributed by atoms with Gasteiger partial charge in [0.25, 0.3) is 11.5 Å². The van der Waals surface area contributed by atoms with Crippen LogP contribution in [0.3, 0.4) is 0 Å². The lowest BCUT2D eigenvalue weighted by Gasteiger charge is -2.25. The summed E-state index contributed by atoms with van der Waals surface area (Å²) < 4.78 is 5.65. The minimum atomic E-state index is -0.417. The number of carbonyl (C=O) groups is 1. The number of carbonyl (C=O) groups excluding carboxylic acids is 1. The van der Waals surface area contributed by atoms with Crippen molar-refractivity contribution in [3.05, 3.63) is 58.0 Å². The highest BCUT2D eigenvalue weighted by molar-refractivity contribution is 5.93. The van der Waals surface area contributed by atoms with E-state index in [0.717, 1.165) is 18.4 Å². The smallest absolute Gasteiger partial charge is 0.263 e. The minimum Gasteiger partial charge on any atom is -0.376 e. The van der Waals surface area contributed by atoms with Crippen molar-refractivity contribution in [3.63, 3.8) is 0 Å². The molecule has 2 aromatic heterocycles. The average molecular weight is 328 g/mol. The maximum absolute atomic E-state index is 12.9. The minimum absolute atomic E-state index is 0.00766. The van der Waals surface area contributed by atoms with Crippen LogP contribution in [0.2, 0.25) is 0 Å². The molecular formula is C17H20N4O3. The van der Waals surface area contributed by atoms with Gasteiger partial charge in [0.15, 0.2) is 0 Å². The first-order valence-electron chi connectivity index (χ1n) is 7.99. The molecule has 0 aromatic carbocycles. The number of H-pyrrole nitrogens is 1. The van der Waals surface area contributed by atoms with Gasteiger partial charge in [-0.2, -0.15) is 0 Å². The number of aromatic amines is 1. The van der Waals surface area contributed by atoms with Gasteiger partial charge in [-0.15, -0.1) is 0 Å². The molecule has 0 radical (unpaired) electrons. The molecule has 3 rings (SSSR count). The summed E-state index contributed by atoms with van der Waals surface area (Å²) in [6, 6.07) is 3.71. The topological polar surface area (TPSA) is 88.2 Å². The van der Waals surface area contributed by atoms with E-state index in [1.54, 1.807) is 24.2 Å². The number of hydrogen-bond acceptors (Lipinski definition) is 5. The standard InChI is InChI=1S/C17H20N4O3/c1-12-19-9-15(16(22)20-12)17(23)21(11-14-3-2-8-24-14)10-13-4-6-18-7-5-13/h4-7,9,14H,2-3,8,10-11H2,1H3,(H,19,20,22)/t14-/m1/s1. The van der Waals surface area contributed by atoms with Gasteiger partial charge in [0.1, 0.15) is 11.4 Å². The first-order valence-corrected chi connectivity index (χ1v) is 7.99. The number of ether oxygens (including phenoxy) is 1. The van der Waals surface area contributed by atoms with E-state index in [9.17, 15) is 9.59 Å². The van der Waals surface area contributed by atoms with Crippen molar-refractivity contribution in [2.75, 3.05) is 13.2 Å². The predicted molar refractivity (Wildman–Crippen MR) is 87.5 cm³/mol. The molecule has 0 aliphatic carbocycles. The molecule has 1 fully saturated rings. The zero-order valence-corrected chi connectivity index (χ0v) is 13.6. The van der Waals surface area contributed by atoms with E-state index >= 15 is 0 Å². The zero-order valence-electron chi connectivity index (χ0n) is 13.6. The fourth-order valence-corrected chi connectivity index (χ4v) is 2.77. The molecule has 1 amide bonds. The third-order valence-electron chi connectivity index (χ3n) is 4.01. The number of rotatable bonds is 5. The molecule has 0 saturated carbocycles. The third kappa shape index (κ3) is 3.86. The average Bonchev–Trinajstić information content (AvgIpc) is 3.08. The van der Waals surface area contributed by atoms with Gasteiger partial charge in [-0.25, -0.2) is 4.98 Å². The molecule has 2 aromatic rings. The molecule has 0 bridgehead atoms. The Bertz CT molecular complexity index is 754. The lowest BCUT2D eigenvalue weighted by Crippen LogP contribution is -2.39. The van der Waals surface area contributed by atoms with E-state index in [0.29, 0.717) is 25.5 Å². The van der Waals surface area contributed by atoms with Crippen LogP contribution < -0.4 is 5.56 Å². The van der Waals surface area contributed by atoms with E-state index in [-0.39, 0.29) is 17.6 Å². The van der Waals surface area contributed by atoms with E-state index in [4.69, 9.17) is 4.74 Å². The molecule has 7 nitrogen and oxygen atoms in total. The molecule has 7 heteroatoms. The maximum atomic E-state index is 12.9. The van der Waals surface area contributed by atoms with E-state index in [2.05, 4.69) is 15.0 Å². The highest BCUT2D eigenvalue weighted by atomic mass is 16.5. The second kappa shape index (κ2) is 7.35. The van der Waals surface area contributed by atoms with Gasteiger partial charge in [-0.1, -0.05) is 0 Å². The molecule has 126 valence electrons. The van der Waals surface area contributed by atoms with Crippen LogP contribution in [0, 0.1) is 6.92 Å². The van der Waals surface area contributed by atoms with Crippen molar-refractivity contribution < 1.29 is 9.53 Å². The highest BCUT2D eigenvalue weighted by Gasteiger charge is 2.25. The van der Waals surface area contributed by atoms with Crippen LogP contribution in [0.15, 0.2) is 35.5 Å². The van der Waals surface area contributed by atoms with Crippen LogP contribution in [0.1, 0.15) is 34.6 Å². The van der Waals surface area contributed by atoms with Gasteiger partial charge in [0, 0.05) is 38.3 Å². The van der Waals surface area contributed by atoms with Gasteiger partial charge in [-0.05, 0) is 37.5 Å². The lowest BCUT2D eigenvalue weighted by atomic mass is 10.1. The third-order valence-corrected chi connectivity index (χ3v) is 4.01. The van der Waals surface area contributed by atoms with Crippen molar-refractivity contribution in [1.82, 2.24) is 19.9 Å². The largest absolute Gasteiger partial charge is 0.376 e. The van der Waals surface area contributed by atoms with E-state index in [1.807, 2.05) is 12.1 Å². The molecule has 0 spiro atoms. The first-order chi connectivity index (χ1) is 11.6. The molecule has 3 heterocycles. The number of amides is 1. The molecule has 1 saturated heterocycles. The number of nitrogens with one attached hydrogen (secondary N) is 1. The quantitative estimate of drug-likeness (QED) is 0.893. The van der Waals surface area contributed by atoms with Crippen LogP contribution in [-0.4, -0.2) is 45.0 Å². The summed E-state index contributed by atoms with van der Waals surface area (Å²) in [6.45, 7) is 3.24. The summed E-state index contributed by atoms with van der Waals surface area (Å²) in [7, 11) is 0. The van der Waals surface area contributed by atoms with Gasteiger partial charge >= 0.3 is 0 Å². The summed E-state index contributed by atoms with van der Waals surface area (Å²) >= 11 is 0. The second-order valence-electron chi connectivity index (χ2n) is 5.89. The SMILES string of the molecule is Cc1ncc(C(=O)N(Cc2ccncc2)C[C@H]2CCCO2)c(=O)[nH]1. The molecule has 1 atom stereocenters. The van der Waals surface area contributed by atoms with Crippen molar-refractivity contribution >= 4 is 5.91 Å². The summed E-state index contributed by atoms with van der Waals surface area (Å²) in [5.74, 6) is 0.146. The second-order valence-corrected chi connectivity index (χ2v) is 5.89. The van der Waals surface area contributed by atoms with Crippen molar-refractivity contribution in [2.45, 2.75) is 32.4 Å². The number of nitrogens with zero attached hydrogens (tertiary/aromatic N) is 3. The Morgan fingerprint density at radius 1 is 1.42 bits per heavy atom. The van der Waals surface area contributed by atoms with E-state index < -0.39 is 5.56 Å². The zero-order chi connectivity index (χ0) is 16.9. The molecule has 0 unspecified atom stereocenters. The number of pyridine rings is 1. The highest BCUT2D eigenvalue weighted by Crippen LogP contribution is 2.16. The summed E-state index contributed by atoms with van der Waals surface area (Å²) in [6.07, 6.45) is 6.63. The Hall–Kier alpha value is -2.54. The normalized spacial score (nSPS) is 17.0. The Morgan fingerprint density at radius 3 is 2.88 bits per heavy atom. The molecular weight excluding hydrogens is 308 g/mol. The summed E-state index contributed by atoms with van der Waals surface area (Å²) in [5.41, 5.74) is 0.583.